The minimum Gasteiger partial charge on any atom is -0.349 e. The zero-order valence-corrected chi connectivity index (χ0v) is 12.3. The average molecular weight is 297 g/mol. The van der Waals surface area contributed by atoms with Crippen LogP contribution in [0.1, 0.15) is 24.1 Å². The van der Waals surface area contributed by atoms with E-state index < -0.39 is 0 Å². The van der Waals surface area contributed by atoms with Gasteiger partial charge in [0.1, 0.15) is 18.0 Å². The van der Waals surface area contributed by atoms with Gasteiger partial charge < -0.3 is 4.90 Å². The number of hydrogen-bond acceptors (Lipinski definition) is 4. The van der Waals surface area contributed by atoms with Crippen molar-refractivity contribution >= 4 is 11.6 Å². The molecule has 1 aliphatic rings. The average Bonchev–Trinajstić information content (AvgIpc) is 3.24. The minimum atomic E-state index is -0.208. The molecular weight excluding hydrogens is 281 g/mol. The summed E-state index contributed by atoms with van der Waals surface area (Å²) in [6, 6.07) is 9.20. The molecule has 5 nitrogen and oxygen atoms in total. The van der Waals surface area contributed by atoms with Crippen molar-refractivity contribution in [1.82, 2.24) is 19.6 Å². The van der Waals surface area contributed by atoms with Gasteiger partial charge in [0, 0.05) is 24.3 Å². The fourth-order valence-corrected chi connectivity index (χ4v) is 2.69. The Balaban J connectivity index is 1.74. The Morgan fingerprint density at radius 3 is 2.77 bits per heavy atom. The van der Waals surface area contributed by atoms with Crippen LogP contribution in [0.2, 0.25) is 0 Å². The third-order valence-corrected chi connectivity index (χ3v) is 3.91. The van der Waals surface area contributed by atoms with Crippen molar-refractivity contribution in [2.75, 3.05) is 4.90 Å². The first-order valence-electron chi connectivity index (χ1n) is 7.39. The Kier molecular flexibility index (Phi) is 3.03. The van der Waals surface area contributed by atoms with Crippen LogP contribution in [0.4, 0.5) is 10.2 Å². The lowest BCUT2D eigenvalue weighted by Crippen LogP contribution is -2.27. The van der Waals surface area contributed by atoms with Crippen LogP contribution in [0.15, 0.2) is 36.7 Å². The number of aromatic nitrogens is 4. The molecule has 0 unspecified atom stereocenters. The molecule has 0 bridgehead atoms. The van der Waals surface area contributed by atoms with Gasteiger partial charge in [0.2, 0.25) is 0 Å². The van der Waals surface area contributed by atoms with Crippen LogP contribution in [0.3, 0.4) is 0 Å². The zero-order chi connectivity index (χ0) is 15.1. The van der Waals surface area contributed by atoms with Gasteiger partial charge in [-0.2, -0.15) is 14.6 Å². The molecule has 1 saturated carbocycles. The Morgan fingerprint density at radius 2 is 2.05 bits per heavy atom. The molecule has 112 valence electrons. The van der Waals surface area contributed by atoms with Gasteiger partial charge in [0.25, 0.3) is 5.78 Å². The van der Waals surface area contributed by atoms with Crippen molar-refractivity contribution in [2.24, 2.45) is 0 Å². The Bertz CT molecular complexity index is 807. The topological polar surface area (TPSA) is 46.3 Å². The minimum absolute atomic E-state index is 0.208. The second kappa shape index (κ2) is 5.05. The SMILES string of the molecule is Cc1cc(N(Cc2ccc(F)cc2)C2CC2)n2ncnc2n1. The fraction of sp³-hybridized carbons (Fsp3) is 0.312. The molecule has 0 radical (unpaired) electrons. The van der Waals surface area contributed by atoms with E-state index in [4.69, 9.17) is 0 Å². The normalized spacial score (nSPS) is 14.5. The largest absolute Gasteiger partial charge is 0.349 e. The van der Waals surface area contributed by atoms with E-state index in [0.717, 1.165) is 23.6 Å². The Labute approximate surface area is 127 Å². The van der Waals surface area contributed by atoms with Gasteiger partial charge in [-0.15, -0.1) is 0 Å². The Morgan fingerprint density at radius 1 is 1.27 bits per heavy atom. The monoisotopic (exact) mass is 297 g/mol. The van der Waals surface area contributed by atoms with Gasteiger partial charge in [-0.1, -0.05) is 12.1 Å². The number of halogens is 1. The molecule has 0 aliphatic heterocycles. The van der Waals surface area contributed by atoms with Crippen LogP contribution in [0.25, 0.3) is 5.78 Å². The number of nitrogens with zero attached hydrogens (tertiary/aromatic N) is 5. The second-order valence-electron chi connectivity index (χ2n) is 5.71. The van der Waals surface area contributed by atoms with Crippen LogP contribution < -0.4 is 4.90 Å². The predicted molar refractivity (Wildman–Crippen MR) is 81.1 cm³/mol. The van der Waals surface area contributed by atoms with E-state index in [1.54, 1.807) is 4.52 Å². The van der Waals surface area contributed by atoms with Gasteiger partial charge in [-0.25, -0.2) is 9.37 Å². The summed E-state index contributed by atoms with van der Waals surface area (Å²) in [7, 11) is 0. The first-order valence-corrected chi connectivity index (χ1v) is 7.39. The summed E-state index contributed by atoms with van der Waals surface area (Å²) in [6.45, 7) is 2.69. The molecule has 3 aromatic rings. The van der Waals surface area contributed by atoms with E-state index in [9.17, 15) is 4.39 Å². The smallest absolute Gasteiger partial charge is 0.254 e. The third kappa shape index (κ3) is 2.41. The number of aryl methyl sites for hydroxylation is 1. The molecule has 1 fully saturated rings. The summed E-state index contributed by atoms with van der Waals surface area (Å²) in [6.07, 6.45) is 3.85. The highest BCUT2D eigenvalue weighted by molar-refractivity contribution is 5.49. The van der Waals surface area contributed by atoms with Crippen molar-refractivity contribution in [3.8, 4) is 0 Å². The molecule has 1 aromatic carbocycles. The van der Waals surface area contributed by atoms with Crippen molar-refractivity contribution in [3.63, 3.8) is 0 Å². The molecule has 0 atom stereocenters. The van der Waals surface area contributed by atoms with Gasteiger partial charge in [-0.3, -0.25) is 0 Å². The molecule has 2 aromatic heterocycles. The van der Waals surface area contributed by atoms with E-state index in [-0.39, 0.29) is 5.82 Å². The molecular formula is C16H16FN5. The maximum Gasteiger partial charge on any atom is 0.254 e. The predicted octanol–water partition coefficient (Wildman–Crippen LogP) is 2.74. The van der Waals surface area contributed by atoms with Crippen molar-refractivity contribution in [3.05, 3.63) is 53.7 Å². The van der Waals surface area contributed by atoms with Crippen molar-refractivity contribution in [2.45, 2.75) is 32.4 Å². The Hall–Kier alpha value is -2.50. The molecule has 2 heterocycles. The van der Waals surface area contributed by atoms with Gasteiger partial charge in [-0.05, 0) is 37.5 Å². The van der Waals surface area contributed by atoms with Crippen LogP contribution in [-0.2, 0) is 6.54 Å². The van der Waals surface area contributed by atoms with E-state index >= 15 is 0 Å². The molecule has 0 saturated heterocycles. The van der Waals surface area contributed by atoms with Crippen LogP contribution >= 0.6 is 0 Å². The molecule has 0 spiro atoms. The second-order valence-corrected chi connectivity index (χ2v) is 5.71. The van der Waals surface area contributed by atoms with E-state index in [0.29, 0.717) is 11.8 Å². The number of hydrogen-bond donors (Lipinski definition) is 0. The highest BCUT2D eigenvalue weighted by Crippen LogP contribution is 2.33. The summed E-state index contributed by atoms with van der Waals surface area (Å²) in [5.41, 5.74) is 2.00. The zero-order valence-electron chi connectivity index (χ0n) is 12.3. The van der Waals surface area contributed by atoms with Gasteiger partial charge >= 0.3 is 0 Å². The highest BCUT2D eigenvalue weighted by Gasteiger charge is 2.31. The quantitative estimate of drug-likeness (QED) is 0.743. The highest BCUT2D eigenvalue weighted by atomic mass is 19.1. The van der Waals surface area contributed by atoms with Gasteiger partial charge in [0.15, 0.2) is 0 Å². The number of rotatable bonds is 4. The molecule has 1 aliphatic carbocycles. The van der Waals surface area contributed by atoms with E-state index in [1.165, 1.54) is 31.3 Å². The molecule has 6 heteroatoms. The van der Waals surface area contributed by atoms with Crippen LogP contribution in [-0.4, -0.2) is 25.6 Å². The number of fused-ring (bicyclic) bond motifs is 1. The molecule has 0 amide bonds. The first kappa shape index (κ1) is 13.2. The molecule has 22 heavy (non-hydrogen) atoms. The van der Waals surface area contributed by atoms with E-state index in [2.05, 4.69) is 20.0 Å². The lowest BCUT2D eigenvalue weighted by atomic mass is 10.2. The summed E-state index contributed by atoms with van der Waals surface area (Å²) < 4.78 is 14.9. The lowest BCUT2D eigenvalue weighted by molar-refractivity contribution is 0.626. The summed E-state index contributed by atoms with van der Waals surface area (Å²) in [5.74, 6) is 1.40. The van der Waals surface area contributed by atoms with E-state index in [1.807, 2.05) is 25.1 Å². The standard InChI is InChI=1S/C16H16FN5/c1-11-8-15(22-16(20-11)18-10-19-22)21(14-6-7-14)9-12-2-4-13(17)5-3-12/h2-5,8,10,14H,6-7,9H2,1H3. The molecule has 0 N–H and O–H groups in total. The summed E-state index contributed by atoms with van der Waals surface area (Å²) in [5, 5.41) is 4.29. The molecule has 4 rings (SSSR count). The summed E-state index contributed by atoms with van der Waals surface area (Å²) in [4.78, 5) is 10.9. The maximum absolute atomic E-state index is 13.1. The lowest BCUT2D eigenvalue weighted by Gasteiger charge is -2.25. The number of benzene rings is 1. The van der Waals surface area contributed by atoms with Crippen LogP contribution in [0, 0.1) is 12.7 Å². The fourth-order valence-electron chi connectivity index (χ4n) is 2.69. The van der Waals surface area contributed by atoms with Gasteiger partial charge in [0.05, 0.1) is 0 Å². The third-order valence-electron chi connectivity index (χ3n) is 3.91. The summed E-state index contributed by atoms with van der Waals surface area (Å²) >= 11 is 0. The number of anilines is 1. The van der Waals surface area contributed by atoms with Crippen molar-refractivity contribution < 1.29 is 4.39 Å². The first-order chi connectivity index (χ1) is 10.7. The van der Waals surface area contributed by atoms with Crippen molar-refractivity contribution in [1.29, 1.82) is 0 Å². The maximum atomic E-state index is 13.1. The van der Waals surface area contributed by atoms with Crippen LogP contribution in [0.5, 0.6) is 0 Å².